The van der Waals surface area contributed by atoms with Crippen molar-refractivity contribution in [2.45, 2.75) is 45.7 Å². The fourth-order valence-corrected chi connectivity index (χ4v) is 2.53. The molecule has 1 unspecified atom stereocenters. The molecule has 0 fully saturated rings. The highest BCUT2D eigenvalue weighted by Gasteiger charge is 2.20. The fourth-order valence-electron chi connectivity index (χ4n) is 2.34. The number of nitrogens with zero attached hydrogens (tertiary/aromatic N) is 3. The number of aromatic nitrogens is 2. The van der Waals surface area contributed by atoms with Crippen LogP contribution in [0.5, 0.6) is 5.75 Å². The van der Waals surface area contributed by atoms with Crippen molar-refractivity contribution in [1.29, 1.82) is 0 Å². The Balaban J connectivity index is 2.06. The molecular weight excluding hydrogens is 314 g/mol. The molecule has 23 heavy (non-hydrogen) atoms. The molecule has 0 aliphatic heterocycles. The van der Waals surface area contributed by atoms with E-state index >= 15 is 0 Å². The molecule has 0 aliphatic carbocycles. The summed E-state index contributed by atoms with van der Waals surface area (Å²) in [5.74, 6) is 2.24. The summed E-state index contributed by atoms with van der Waals surface area (Å²) in [6.07, 6.45) is 3.05. The number of hydrogen-bond acceptors (Lipinski definition) is 5. The Morgan fingerprint density at radius 2 is 2.17 bits per heavy atom. The standard InChI is InChI=1S/C17H24ClN3O2/c1-5-6-7-16-19-17(23-20-16)12(2)21(3)11-13-10-14(18)8-9-15(13)22-4/h8-10,12H,5-7,11H2,1-4H3. The second kappa shape index (κ2) is 8.31. The number of rotatable bonds is 8. The van der Waals surface area contributed by atoms with Crippen LogP contribution in [-0.4, -0.2) is 29.2 Å². The van der Waals surface area contributed by atoms with Gasteiger partial charge in [-0.25, -0.2) is 0 Å². The second-order valence-corrected chi connectivity index (χ2v) is 6.14. The first-order valence-electron chi connectivity index (χ1n) is 7.90. The molecule has 1 heterocycles. The summed E-state index contributed by atoms with van der Waals surface area (Å²) in [4.78, 5) is 6.62. The van der Waals surface area contributed by atoms with Crippen LogP contribution < -0.4 is 4.74 Å². The lowest BCUT2D eigenvalue weighted by Gasteiger charge is -2.22. The highest BCUT2D eigenvalue weighted by molar-refractivity contribution is 6.30. The van der Waals surface area contributed by atoms with Crippen molar-refractivity contribution in [2.24, 2.45) is 0 Å². The Morgan fingerprint density at radius 3 is 2.87 bits per heavy atom. The van der Waals surface area contributed by atoms with Crippen LogP contribution in [0.3, 0.4) is 0 Å². The average Bonchev–Trinajstić information content (AvgIpc) is 3.01. The Kier molecular flexibility index (Phi) is 6.42. The summed E-state index contributed by atoms with van der Waals surface area (Å²) in [6.45, 7) is 4.88. The van der Waals surface area contributed by atoms with Gasteiger partial charge in [-0.1, -0.05) is 30.1 Å². The maximum Gasteiger partial charge on any atom is 0.243 e. The topological polar surface area (TPSA) is 51.4 Å². The van der Waals surface area contributed by atoms with Crippen molar-refractivity contribution < 1.29 is 9.26 Å². The van der Waals surface area contributed by atoms with Crippen LogP contribution in [-0.2, 0) is 13.0 Å². The van der Waals surface area contributed by atoms with Crippen LogP contribution in [0.1, 0.15) is 50.0 Å². The number of halogens is 1. The molecular formula is C17H24ClN3O2. The van der Waals surface area contributed by atoms with Gasteiger partial charge < -0.3 is 9.26 Å². The molecule has 126 valence electrons. The van der Waals surface area contributed by atoms with E-state index in [0.717, 1.165) is 36.4 Å². The van der Waals surface area contributed by atoms with Crippen LogP contribution in [0.2, 0.25) is 5.02 Å². The normalized spacial score (nSPS) is 12.6. The van der Waals surface area contributed by atoms with Gasteiger partial charge in [0.05, 0.1) is 13.2 Å². The van der Waals surface area contributed by atoms with Crippen LogP contribution in [0, 0.1) is 0 Å². The molecule has 6 heteroatoms. The minimum atomic E-state index is 0.0153. The van der Waals surface area contributed by atoms with E-state index in [-0.39, 0.29) is 6.04 Å². The van der Waals surface area contributed by atoms with Gasteiger partial charge in [0.2, 0.25) is 5.89 Å². The zero-order valence-corrected chi connectivity index (χ0v) is 14.9. The monoisotopic (exact) mass is 337 g/mol. The largest absolute Gasteiger partial charge is 0.496 e. The molecule has 2 aromatic rings. The molecule has 1 aromatic carbocycles. The lowest BCUT2D eigenvalue weighted by atomic mass is 10.1. The Labute approximate surface area is 142 Å². The molecule has 0 N–H and O–H groups in total. The Morgan fingerprint density at radius 1 is 1.39 bits per heavy atom. The number of methoxy groups -OCH3 is 1. The van der Waals surface area contributed by atoms with E-state index in [2.05, 4.69) is 22.0 Å². The zero-order valence-electron chi connectivity index (χ0n) is 14.2. The summed E-state index contributed by atoms with van der Waals surface area (Å²) in [7, 11) is 3.68. The molecule has 1 atom stereocenters. The predicted octanol–water partition coefficient (Wildman–Crippen LogP) is 4.27. The van der Waals surface area contributed by atoms with Gasteiger partial charge in [-0.2, -0.15) is 4.98 Å². The van der Waals surface area contributed by atoms with E-state index < -0.39 is 0 Å². The molecule has 0 amide bonds. The summed E-state index contributed by atoms with van der Waals surface area (Å²) in [5.41, 5.74) is 1.03. The van der Waals surface area contributed by atoms with Crippen molar-refractivity contribution in [3.63, 3.8) is 0 Å². The summed E-state index contributed by atoms with van der Waals surface area (Å²) >= 11 is 6.09. The van der Waals surface area contributed by atoms with Gasteiger partial charge in [-0.05, 0) is 38.6 Å². The third-order valence-electron chi connectivity index (χ3n) is 3.92. The Hall–Kier alpha value is -1.59. The SMILES string of the molecule is CCCCc1noc(C(C)N(C)Cc2cc(Cl)ccc2OC)n1. The molecule has 5 nitrogen and oxygen atoms in total. The third kappa shape index (κ3) is 4.69. The van der Waals surface area contributed by atoms with Crippen LogP contribution in [0.15, 0.2) is 22.7 Å². The van der Waals surface area contributed by atoms with Crippen molar-refractivity contribution >= 4 is 11.6 Å². The third-order valence-corrected chi connectivity index (χ3v) is 4.15. The molecule has 0 radical (unpaired) electrons. The van der Waals surface area contributed by atoms with E-state index in [9.17, 15) is 0 Å². The summed E-state index contributed by atoms with van der Waals surface area (Å²) in [5, 5.41) is 4.75. The number of hydrogen-bond donors (Lipinski definition) is 0. The highest BCUT2D eigenvalue weighted by Crippen LogP contribution is 2.26. The lowest BCUT2D eigenvalue weighted by Crippen LogP contribution is -2.22. The lowest BCUT2D eigenvalue weighted by molar-refractivity contribution is 0.200. The van der Waals surface area contributed by atoms with Crippen LogP contribution >= 0.6 is 11.6 Å². The van der Waals surface area contributed by atoms with Crippen molar-refractivity contribution in [3.05, 3.63) is 40.5 Å². The average molecular weight is 338 g/mol. The van der Waals surface area contributed by atoms with Crippen LogP contribution in [0.4, 0.5) is 0 Å². The molecule has 1 aromatic heterocycles. The van der Waals surface area contributed by atoms with Gasteiger partial charge >= 0.3 is 0 Å². The molecule has 0 aliphatic rings. The molecule has 2 rings (SSSR count). The van der Waals surface area contributed by atoms with Gasteiger partial charge in [-0.15, -0.1) is 0 Å². The van der Waals surface area contributed by atoms with Crippen molar-refractivity contribution in [3.8, 4) is 5.75 Å². The quantitative estimate of drug-likeness (QED) is 0.720. The van der Waals surface area contributed by atoms with E-state index in [1.165, 1.54) is 0 Å². The maximum absolute atomic E-state index is 6.09. The van der Waals surface area contributed by atoms with Crippen molar-refractivity contribution in [2.75, 3.05) is 14.2 Å². The van der Waals surface area contributed by atoms with E-state index in [0.29, 0.717) is 17.5 Å². The maximum atomic E-state index is 6.09. The van der Waals surface area contributed by atoms with E-state index in [1.807, 2.05) is 32.2 Å². The van der Waals surface area contributed by atoms with Gasteiger partial charge in [0, 0.05) is 23.6 Å². The van der Waals surface area contributed by atoms with Crippen LogP contribution in [0.25, 0.3) is 0 Å². The smallest absolute Gasteiger partial charge is 0.243 e. The molecule has 0 spiro atoms. The van der Waals surface area contributed by atoms with Crippen molar-refractivity contribution in [1.82, 2.24) is 15.0 Å². The molecule has 0 saturated heterocycles. The van der Waals surface area contributed by atoms with Gasteiger partial charge in [-0.3, -0.25) is 4.90 Å². The first kappa shape index (κ1) is 17.8. The highest BCUT2D eigenvalue weighted by atomic mass is 35.5. The fraction of sp³-hybridized carbons (Fsp3) is 0.529. The number of unbranched alkanes of at least 4 members (excludes halogenated alkanes) is 1. The summed E-state index contributed by atoms with van der Waals surface area (Å²) in [6, 6.07) is 5.64. The van der Waals surface area contributed by atoms with E-state index in [1.54, 1.807) is 7.11 Å². The van der Waals surface area contributed by atoms with Gasteiger partial charge in [0.15, 0.2) is 5.82 Å². The second-order valence-electron chi connectivity index (χ2n) is 5.70. The minimum Gasteiger partial charge on any atom is -0.496 e. The summed E-state index contributed by atoms with van der Waals surface area (Å²) < 4.78 is 10.8. The number of benzene rings is 1. The molecule has 0 bridgehead atoms. The Bertz CT molecular complexity index is 630. The predicted molar refractivity (Wildman–Crippen MR) is 90.8 cm³/mol. The first-order valence-corrected chi connectivity index (χ1v) is 8.28. The number of ether oxygens (including phenoxy) is 1. The minimum absolute atomic E-state index is 0.0153. The number of aryl methyl sites for hydroxylation is 1. The van der Waals surface area contributed by atoms with Gasteiger partial charge in [0.25, 0.3) is 0 Å². The molecule has 0 saturated carbocycles. The first-order chi connectivity index (χ1) is 11.0. The van der Waals surface area contributed by atoms with E-state index in [4.69, 9.17) is 20.9 Å². The van der Waals surface area contributed by atoms with Gasteiger partial charge in [0.1, 0.15) is 5.75 Å². The zero-order chi connectivity index (χ0) is 16.8.